The molecule has 5 nitrogen and oxygen atoms in total. The Kier molecular flexibility index (Phi) is 4.72. The molecule has 0 bridgehead atoms. The van der Waals surface area contributed by atoms with Crippen molar-refractivity contribution >= 4 is 11.6 Å². The van der Waals surface area contributed by atoms with Gasteiger partial charge < -0.3 is 10.7 Å². The van der Waals surface area contributed by atoms with Crippen molar-refractivity contribution in [3.8, 4) is 0 Å². The number of hydrogen-bond acceptors (Lipinski definition) is 5. The van der Waals surface area contributed by atoms with E-state index in [1.54, 1.807) is 0 Å². The molecule has 0 fully saturated rings. The van der Waals surface area contributed by atoms with Crippen LogP contribution in [0.1, 0.15) is 46.9 Å². The summed E-state index contributed by atoms with van der Waals surface area (Å²) in [6.07, 6.45) is -3.88. The second-order valence-electron chi connectivity index (χ2n) is 6.85. The van der Waals surface area contributed by atoms with Crippen LogP contribution in [0.3, 0.4) is 0 Å². The van der Waals surface area contributed by atoms with Crippen LogP contribution in [0.5, 0.6) is 0 Å². The zero-order chi connectivity index (χ0) is 16.5. The molecule has 0 saturated carbocycles. The Morgan fingerprint density at radius 3 is 2.00 bits per heavy atom. The average Bonchev–Trinajstić information content (AvgIpc) is 2.22. The maximum Gasteiger partial charge on any atom is 0.451 e. The molecule has 0 radical (unpaired) electrons. The first-order valence-corrected chi connectivity index (χ1v) is 6.53. The van der Waals surface area contributed by atoms with Gasteiger partial charge in [0.05, 0.1) is 0 Å². The van der Waals surface area contributed by atoms with Crippen molar-refractivity contribution in [2.45, 2.75) is 52.8 Å². The third-order valence-electron chi connectivity index (χ3n) is 2.57. The van der Waals surface area contributed by atoms with Gasteiger partial charge in [0.15, 0.2) is 0 Å². The fourth-order valence-electron chi connectivity index (χ4n) is 2.43. The van der Waals surface area contributed by atoms with E-state index >= 15 is 0 Å². The van der Waals surface area contributed by atoms with Gasteiger partial charge in [0.25, 0.3) is 0 Å². The summed E-state index contributed by atoms with van der Waals surface area (Å²) < 4.78 is 38.3. The van der Waals surface area contributed by atoms with E-state index in [0.717, 1.165) is 6.42 Å². The van der Waals surface area contributed by atoms with Crippen molar-refractivity contribution < 1.29 is 13.2 Å². The predicted molar refractivity (Wildman–Crippen MR) is 76.6 cm³/mol. The quantitative estimate of drug-likeness (QED) is 0.587. The van der Waals surface area contributed by atoms with Crippen LogP contribution in [-0.2, 0) is 6.18 Å². The zero-order valence-corrected chi connectivity index (χ0v) is 12.9. The summed E-state index contributed by atoms with van der Waals surface area (Å²) >= 11 is 0. The summed E-state index contributed by atoms with van der Waals surface area (Å²) in [6.45, 7) is 9.99. The maximum atomic E-state index is 12.8. The monoisotopic (exact) mass is 305 g/mol. The molecule has 0 atom stereocenters. The van der Waals surface area contributed by atoms with Crippen LogP contribution in [0.15, 0.2) is 6.07 Å². The summed E-state index contributed by atoms with van der Waals surface area (Å²) in [7, 11) is 0. The highest BCUT2D eigenvalue weighted by Crippen LogP contribution is 2.31. The van der Waals surface area contributed by atoms with Gasteiger partial charge in [0.2, 0.25) is 5.82 Å². The number of halogens is 3. The van der Waals surface area contributed by atoms with Gasteiger partial charge in [-0.1, -0.05) is 20.8 Å². The Balaban J connectivity index is 3.08. The first kappa shape index (κ1) is 17.5. The van der Waals surface area contributed by atoms with Crippen molar-refractivity contribution in [3.05, 3.63) is 11.9 Å². The smallest absolute Gasteiger partial charge is 0.365 e. The number of anilines is 2. The van der Waals surface area contributed by atoms with Gasteiger partial charge in [-0.15, -0.1) is 0 Å². The minimum Gasteiger partial charge on any atom is -0.365 e. The first-order chi connectivity index (χ1) is 9.32. The Morgan fingerprint density at radius 1 is 1.05 bits per heavy atom. The number of nitrogens with two attached hydrogens (primary N) is 1. The molecule has 0 spiro atoms. The lowest BCUT2D eigenvalue weighted by Crippen LogP contribution is -2.36. The number of nitrogens with one attached hydrogen (secondary N) is 2. The molecule has 4 N–H and O–H groups in total. The number of hydrazine groups is 1. The molecule has 1 heterocycles. The lowest BCUT2D eigenvalue weighted by Gasteiger charge is -2.33. The van der Waals surface area contributed by atoms with E-state index in [4.69, 9.17) is 5.84 Å². The van der Waals surface area contributed by atoms with Crippen LogP contribution < -0.4 is 16.6 Å². The summed E-state index contributed by atoms with van der Waals surface area (Å²) in [5.41, 5.74) is 1.71. The lowest BCUT2D eigenvalue weighted by molar-refractivity contribution is -0.144. The molecule has 0 unspecified atom stereocenters. The fraction of sp³-hybridized carbons (Fsp3) is 0.692. The molecular formula is C13H22F3N5. The van der Waals surface area contributed by atoms with Crippen molar-refractivity contribution in [2.24, 2.45) is 11.3 Å². The molecule has 120 valence electrons. The van der Waals surface area contributed by atoms with Gasteiger partial charge in [-0.3, -0.25) is 0 Å². The van der Waals surface area contributed by atoms with E-state index in [9.17, 15) is 13.2 Å². The molecule has 0 aliphatic rings. The van der Waals surface area contributed by atoms with Gasteiger partial charge in [-0.2, -0.15) is 13.2 Å². The van der Waals surface area contributed by atoms with Gasteiger partial charge >= 0.3 is 6.18 Å². The summed E-state index contributed by atoms with van der Waals surface area (Å²) in [5, 5.41) is 3.02. The van der Waals surface area contributed by atoms with E-state index in [1.807, 2.05) is 13.8 Å². The number of alkyl halides is 3. The molecule has 0 amide bonds. The van der Waals surface area contributed by atoms with Gasteiger partial charge in [-0.25, -0.2) is 15.8 Å². The molecule has 0 aliphatic carbocycles. The molecule has 1 rings (SSSR count). The van der Waals surface area contributed by atoms with Gasteiger partial charge in [0.1, 0.15) is 11.6 Å². The Bertz CT molecular complexity index is 492. The van der Waals surface area contributed by atoms with Crippen LogP contribution in [0.4, 0.5) is 24.8 Å². The predicted octanol–water partition coefficient (Wildman–Crippen LogP) is 3.41. The van der Waals surface area contributed by atoms with E-state index in [1.165, 1.54) is 6.07 Å². The highest BCUT2D eigenvalue weighted by Gasteiger charge is 2.36. The lowest BCUT2D eigenvalue weighted by atomic mass is 9.82. The third kappa shape index (κ3) is 5.74. The van der Waals surface area contributed by atoms with Gasteiger partial charge in [0, 0.05) is 11.6 Å². The van der Waals surface area contributed by atoms with Crippen molar-refractivity contribution in [3.63, 3.8) is 0 Å². The molecule has 1 aromatic heterocycles. The van der Waals surface area contributed by atoms with Crippen LogP contribution in [-0.4, -0.2) is 15.5 Å². The number of nitrogens with zero attached hydrogens (tertiary/aromatic N) is 2. The number of aromatic nitrogens is 2. The Morgan fingerprint density at radius 2 is 1.57 bits per heavy atom. The molecule has 1 aromatic rings. The SMILES string of the molecule is CC(C)(C)CC(C)(C)Nc1cc(NN)nc(C(F)(F)F)n1. The highest BCUT2D eigenvalue weighted by atomic mass is 19.4. The van der Waals surface area contributed by atoms with Crippen LogP contribution in [0.25, 0.3) is 0 Å². The minimum atomic E-state index is -4.63. The van der Waals surface area contributed by atoms with Crippen LogP contribution in [0, 0.1) is 5.41 Å². The number of rotatable bonds is 4. The van der Waals surface area contributed by atoms with Crippen molar-refractivity contribution in [1.82, 2.24) is 9.97 Å². The standard InChI is InChI=1S/C13H22F3N5/c1-11(2,3)7-12(4,5)20-8-6-9(21-17)19-10(18-8)13(14,15)16/h6H,7,17H2,1-5H3,(H2,18,19,20,21). The van der Waals surface area contributed by atoms with E-state index < -0.39 is 17.5 Å². The summed E-state index contributed by atoms with van der Waals surface area (Å²) in [5.74, 6) is 3.92. The second kappa shape index (κ2) is 5.67. The molecule has 0 saturated heterocycles. The zero-order valence-electron chi connectivity index (χ0n) is 12.9. The molecule has 21 heavy (non-hydrogen) atoms. The molecular weight excluding hydrogens is 283 g/mol. The molecule has 8 heteroatoms. The van der Waals surface area contributed by atoms with Crippen molar-refractivity contribution in [2.75, 3.05) is 10.7 Å². The maximum absolute atomic E-state index is 12.8. The average molecular weight is 305 g/mol. The first-order valence-electron chi connectivity index (χ1n) is 6.53. The molecule has 0 aliphatic heterocycles. The van der Waals surface area contributed by atoms with Crippen molar-refractivity contribution in [1.29, 1.82) is 0 Å². The Hall–Kier alpha value is -1.57. The second-order valence-corrected chi connectivity index (χ2v) is 6.85. The van der Waals surface area contributed by atoms with E-state index in [-0.39, 0.29) is 17.1 Å². The highest BCUT2D eigenvalue weighted by molar-refractivity contribution is 5.48. The number of hydrogen-bond donors (Lipinski definition) is 3. The van der Waals surface area contributed by atoms with Crippen LogP contribution >= 0.6 is 0 Å². The summed E-state index contributed by atoms with van der Waals surface area (Å²) in [4.78, 5) is 6.84. The van der Waals surface area contributed by atoms with E-state index in [2.05, 4.69) is 41.5 Å². The topological polar surface area (TPSA) is 75.9 Å². The normalized spacial score (nSPS) is 13.2. The molecule has 0 aromatic carbocycles. The summed E-state index contributed by atoms with van der Waals surface area (Å²) in [6, 6.07) is 1.35. The number of nitrogen functional groups attached to an aromatic ring is 1. The van der Waals surface area contributed by atoms with Gasteiger partial charge in [-0.05, 0) is 25.7 Å². The van der Waals surface area contributed by atoms with E-state index in [0.29, 0.717) is 0 Å². The Labute approximate surface area is 122 Å². The third-order valence-corrected chi connectivity index (χ3v) is 2.57. The van der Waals surface area contributed by atoms with Crippen LogP contribution in [0.2, 0.25) is 0 Å². The largest absolute Gasteiger partial charge is 0.451 e. The minimum absolute atomic E-state index is 0.0192. The fourth-order valence-corrected chi connectivity index (χ4v) is 2.43.